The van der Waals surface area contributed by atoms with Gasteiger partial charge in [-0.2, -0.15) is 0 Å². The van der Waals surface area contributed by atoms with E-state index in [-0.39, 0.29) is 17.1 Å². The zero-order chi connectivity index (χ0) is 22.7. The summed E-state index contributed by atoms with van der Waals surface area (Å²) < 4.78 is 11.7. The van der Waals surface area contributed by atoms with Crippen LogP contribution in [0.1, 0.15) is 5.56 Å². The number of rotatable bonds is 6. The van der Waals surface area contributed by atoms with Crippen LogP contribution in [0.2, 0.25) is 0 Å². The van der Waals surface area contributed by atoms with Gasteiger partial charge in [-0.3, -0.25) is 14.9 Å². The number of halogens is 2. The number of hydrogen-bond donors (Lipinski definition) is 2. The van der Waals surface area contributed by atoms with E-state index in [4.69, 9.17) is 14.6 Å². The van der Waals surface area contributed by atoms with Crippen LogP contribution in [0.3, 0.4) is 0 Å². The standard InChI is InChI=1S/C20H14BrIN2O7/c1-30-15-7-10(6-14(22)17(15)31-9-16(25)26)5-13-18(27)23-20(29)24(19(13)28)12-4-2-3-11(21)8-12/h2-8H,9H2,1H3,(H,25,26)(H,23,27,29)/b13-5+. The number of nitrogens with one attached hydrogen (secondary N) is 1. The third-order valence-electron chi connectivity index (χ3n) is 4.07. The molecule has 1 fully saturated rings. The minimum atomic E-state index is -1.15. The third kappa shape index (κ3) is 5.05. The molecule has 0 atom stereocenters. The molecule has 0 aromatic heterocycles. The Hall–Kier alpha value is -2.93. The lowest BCUT2D eigenvalue weighted by Gasteiger charge is -2.26. The number of nitrogens with zero attached hydrogens (tertiary/aromatic N) is 1. The summed E-state index contributed by atoms with van der Waals surface area (Å²) in [7, 11) is 1.38. The zero-order valence-corrected chi connectivity index (χ0v) is 19.6. The monoisotopic (exact) mass is 600 g/mol. The molecule has 11 heteroatoms. The number of anilines is 1. The van der Waals surface area contributed by atoms with Gasteiger partial charge in [0.1, 0.15) is 5.57 Å². The summed E-state index contributed by atoms with van der Waals surface area (Å²) in [6, 6.07) is 8.76. The second kappa shape index (κ2) is 9.47. The molecule has 1 aliphatic rings. The molecular weight excluding hydrogens is 587 g/mol. The number of barbiturate groups is 1. The van der Waals surface area contributed by atoms with Crippen LogP contribution in [0.5, 0.6) is 11.5 Å². The second-order valence-electron chi connectivity index (χ2n) is 6.15. The molecule has 4 amide bonds. The first-order valence-electron chi connectivity index (χ1n) is 8.60. The predicted molar refractivity (Wildman–Crippen MR) is 122 cm³/mol. The highest BCUT2D eigenvalue weighted by Crippen LogP contribution is 2.35. The Bertz CT molecular complexity index is 1130. The van der Waals surface area contributed by atoms with Gasteiger partial charge in [0, 0.05) is 4.47 Å². The van der Waals surface area contributed by atoms with Gasteiger partial charge in [-0.1, -0.05) is 22.0 Å². The highest BCUT2D eigenvalue weighted by atomic mass is 127. The van der Waals surface area contributed by atoms with Crippen LogP contribution >= 0.6 is 38.5 Å². The van der Waals surface area contributed by atoms with Crippen molar-refractivity contribution in [1.82, 2.24) is 5.32 Å². The van der Waals surface area contributed by atoms with Crippen LogP contribution in [-0.2, 0) is 14.4 Å². The number of urea groups is 1. The maximum Gasteiger partial charge on any atom is 0.341 e. The number of amides is 4. The van der Waals surface area contributed by atoms with Crippen molar-refractivity contribution >= 4 is 74.1 Å². The van der Waals surface area contributed by atoms with Gasteiger partial charge in [0.2, 0.25) is 0 Å². The lowest BCUT2D eigenvalue weighted by molar-refractivity contribution is -0.139. The van der Waals surface area contributed by atoms with E-state index in [1.807, 2.05) is 22.6 Å². The van der Waals surface area contributed by atoms with Crippen LogP contribution in [0.25, 0.3) is 6.08 Å². The first kappa shape index (κ1) is 22.7. The Morgan fingerprint density at radius 3 is 2.65 bits per heavy atom. The van der Waals surface area contributed by atoms with Gasteiger partial charge in [0.25, 0.3) is 11.8 Å². The average molecular weight is 601 g/mol. The van der Waals surface area contributed by atoms with Crippen LogP contribution in [0.15, 0.2) is 46.4 Å². The van der Waals surface area contributed by atoms with Gasteiger partial charge in [-0.05, 0) is 64.6 Å². The van der Waals surface area contributed by atoms with Gasteiger partial charge >= 0.3 is 12.0 Å². The van der Waals surface area contributed by atoms with E-state index < -0.39 is 30.4 Å². The van der Waals surface area contributed by atoms with Crippen molar-refractivity contribution in [2.75, 3.05) is 18.6 Å². The van der Waals surface area contributed by atoms with Crippen molar-refractivity contribution in [3.05, 3.63) is 55.6 Å². The second-order valence-corrected chi connectivity index (χ2v) is 8.23. The van der Waals surface area contributed by atoms with Crippen molar-refractivity contribution in [3.63, 3.8) is 0 Å². The molecule has 0 aliphatic carbocycles. The SMILES string of the molecule is COc1cc(/C=C2\C(=O)NC(=O)N(c3cccc(Br)c3)C2=O)cc(I)c1OCC(=O)O. The number of carboxylic acids is 1. The fraction of sp³-hybridized carbons (Fsp3) is 0.100. The summed E-state index contributed by atoms with van der Waals surface area (Å²) in [6.07, 6.45) is 1.32. The lowest BCUT2D eigenvalue weighted by Crippen LogP contribution is -2.54. The maximum absolute atomic E-state index is 13.0. The van der Waals surface area contributed by atoms with Crippen molar-refractivity contribution < 1.29 is 33.8 Å². The number of ether oxygens (including phenoxy) is 2. The molecule has 0 saturated carbocycles. The van der Waals surface area contributed by atoms with Crippen molar-refractivity contribution in [2.45, 2.75) is 0 Å². The van der Waals surface area contributed by atoms with E-state index in [1.54, 1.807) is 30.3 Å². The van der Waals surface area contributed by atoms with Crippen LogP contribution < -0.4 is 19.7 Å². The van der Waals surface area contributed by atoms with Gasteiger partial charge in [0.05, 0.1) is 16.4 Å². The van der Waals surface area contributed by atoms with Crippen molar-refractivity contribution in [3.8, 4) is 11.5 Å². The van der Waals surface area contributed by atoms with Crippen LogP contribution in [0.4, 0.5) is 10.5 Å². The Morgan fingerprint density at radius 2 is 2.00 bits per heavy atom. The Kier molecular flexibility index (Phi) is 6.95. The molecule has 31 heavy (non-hydrogen) atoms. The summed E-state index contributed by atoms with van der Waals surface area (Å²) >= 11 is 5.21. The number of carboxylic acid groups (broad SMARTS) is 1. The summed E-state index contributed by atoms with van der Waals surface area (Å²) in [6.45, 7) is -0.558. The summed E-state index contributed by atoms with van der Waals surface area (Å²) in [4.78, 5) is 49.3. The first-order chi connectivity index (χ1) is 14.7. The molecule has 2 aromatic carbocycles. The number of hydrogen-bond acceptors (Lipinski definition) is 6. The molecular formula is C20H14BrIN2O7. The number of carbonyl (C=O) groups is 4. The van der Waals surface area contributed by atoms with Crippen LogP contribution in [-0.4, -0.2) is 42.6 Å². The molecule has 0 radical (unpaired) electrons. The zero-order valence-electron chi connectivity index (χ0n) is 15.8. The van der Waals surface area contributed by atoms with Gasteiger partial charge in [-0.15, -0.1) is 0 Å². The van der Waals surface area contributed by atoms with Gasteiger partial charge in [0.15, 0.2) is 18.1 Å². The Labute approximate surface area is 198 Å². The number of imide groups is 2. The van der Waals surface area contributed by atoms with Crippen LogP contribution in [0, 0.1) is 3.57 Å². The fourth-order valence-electron chi connectivity index (χ4n) is 2.77. The van der Waals surface area contributed by atoms with E-state index in [1.165, 1.54) is 19.3 Å². The Balaban J connectivity index is 2.00. The van der Waals surface area contributed by atoms with E-state index >= 15 is 0 Å². The number of aliphatic carboxylic acids is 1. The van der Waals surface area contributed by atoms with Gasteiger partial charge < -0.3 is 14.6 Å². The number of carbonyl (C=O) groups excluding carboxylic acids is 3. The van der Waals surface area contributed by atoms with E-state index in [0.717, 1.165) is 4.90 Å². The molecule has 0 bridgehead atoms. The molecule has 2 aromatic rings. The lowest BCUT2D eigenvalue weighted by atomic mass is 10.1. The highest BCUT2D eigenvalue weighted by molar-refractivity contribution is 14.1. The molecule has 0 unspecified atom stereocenters. The van der Waals surface area contributed by atoms with Gasteiger partial charge in [-0.25, -0.2) is 14.5 Å². The normalized spacial score (nSPS) is 15.1. The minimum absolute atomic E-state index is 0.220. The first-order valence-corrected chi connectivity index (χ1v) is 10.5. The largest absolute Gasteiger partial charge is 0.493 e. The average Bonchev–Trinajstić information content (AvgIpc) is 2.69. The minimum Gasteiger partial charge on any atom is -0.493 e. The summed E-state index contributed by atoms with van der Waals surface area (Å²) in [5, 5.41) is 11.0. The molecule has 1 heterocycles. The Morgan fingerprint density at radius 1 is 1.26 bits per heavy atom. The molecule has 1 aliphatic heterocycles. The van der Waals surface area contributed by atoms with Crippen molar-refractivity contribution in [1.29, 1.82) is 0 Å². The number of benzene rings is 2. The van der Waals surface area contributed by atoms with E-state index in [0.29, 0.717) is 19.3 Å². The molecule has 0 spiro atoms. The summed E-state index contributed by atoms with van der Waals surface area (Å²) in [5.41, 5.74) is 0.461. The topological polar surface area (TPSA) is 122 Å². The van der Waals surface area contributed by atoms with E-state index in [2.05, 4.69) is 21.2 Å². The van der Waals surface area contributed by atoms with E-state index in [9.17, 15) is 19.2 Å². The summed E-state index contributed by atoms with van der Waals surface area (Å²) in [5.74, 6) is -2.32. The molecule has 3 rings (SSSR count). The smallest absolute Gasteiger partial charge is 0.341 e. The fourth-order valence-corrected chi connectivity index (χ4v) is 3.94. The quantitative estimate of drug-likeness (QED) is 0.297. The molecule has 2 N–H and O–H groups in total. The van der Waals surface area contributed by atoms with Crippen molar-refractivity contribution in [2.24, 2.45) is 0 Å². The highest BCUT2D eigenvalue weighted by Gasteiger charge is 2.37. The maximum atomic E-state index is 13.0. The molecule has 160 valence electrons. The third-order valence-corrected chi connectivity index (χ3v) is 5.37. The molecule has 1 saturated heterocycles. The number of methoxy groups -OCH3 is 1. The predicted octanol–water partition coefficient (Wildman–Crippen LogP) is 3.19. The molecule has 9 nitrogen and oxygen atoms in total.